The van der Waals surface area contributed by atoms with Crippen LogP contribution in [-0.4, -0.2) is 37.8 Å². The van der Waals surface area contributed by atoms with Crippen molar-refractivity contribution in [2.75, 3.05) is 17.2 Å². The minimum absolute atomic E-state index is 0.0202. The maximum Gasteiger partial charge on any atom is 0.420 e. The van der Waals surface area contributed by atoms with Crippen molar-refractivity contribution >= 4 is 34.8 Å². The fourth-order valence-electron chi connectivity index (χ4n) is 2.99. The molecule has 0 aliphatic carbocycles. The molecule has 0 spiro atoms. The SMILES string of the molecule is CCOc1ccc(N(C(=O)OC(C)(C)C)c2c(C)c(N)nc3ccnn23)c([N+](=O)[O-])c1. The first kappa shape index (κ1) is 21.8. The summed E-state index contributed by atoms with van der Waals surface area (Å²) >= 11 is 0. The van der Waals surface area contributed by atoms with Gasteiger partial charge in [0.2, 0.25) is 0 Å². The summed E-state index contributed by atoms with van der Waals surface area (Å²) in [5.41, 5.74) is 5.63. The molecule has 3 rings (SSSR count). The number of rotatable bonds is 5. The molecule has 11 heteroatoms. The highest BCUT2D eigenvalue weighted by molar-refractivity contribution is 5.99. The highest BCUT2D eigenvalue weighted by atomic mass is 16.6. The Morgan fingerprint density at radius 3 is 2.65 bits per heavy atom. The predicted octanol–water partition coefficient (Wildman–Crippen LogP) is 4.00. The van der Waals surface area contributed by atoms with Crippen molar-refractivity contribution < 1.29 is 19.2 Å². The van der Waals surface area contributed by atoms with Crippen molar-refractivity contribution in [2.45, 2.75) is 40.2 Å². The lowest BCUT2D eigenvalue weighted by atomic mass is 10.2. The van der Waals surface area contributed by atoms with Crippen LogP contribution < -0.4 is 15.4 Å². The van der Waals surface area contributed by atoms with E-state index in [4.69, 9.17) is 15.2 Å². The van der Waals surface area contributed by atoms with E-state index in [2.05, 4.69) is 10.1 Å². The number of amides is 1. The van der Waals surface area contributed by atoms with Crippen LogP contribution >= 0.6 is 0 Å². The van der Waals surface area contributed by atoms with Crippen LogP contribution in [0, 0.1) is 17.0 Å². The van der Waals surface area contributed by atoms with Gasteiger partial charge in [-0.15, -0.1) is 0 Å². The number of nitrogen functional groups attached to an aromatic ring is 1. The summed E-state index contributed by atoms with van der Waals surface area (Å²) in [7, 11) is 0. The van der Waals surface area contributed by atoms with Crippen molar-refractivity contribution in [3.8, 4) is 5.75 Å². The maximum absolute atomic E-state index is 13.3. The van der Waals surface area contributed by atoms with Gasteiger partial charge < -0.3 is 15.2 Å². The number of anilines is 3. The number of ether oxygens (including phenoxy) is 2. The van der Waals surface area contributed by atoms with Gasteiger partial charge in [0.15, 0.2) is 11.5 Å². The van der Waals surface area contributed by atoms with Crippen LogP contribution in [0.25, 0.3) is 5.65 Å². The molecule has 11 nitrogen and oxygen atoms in total. The second-order valence-corrected chi connectivity index (χ2v) is 7.70. The lowest BCUT2D eigenvalue weighted by Gasteiger charge is -2.28. The van der Waals surface area contributed by atoms with E-state index in [-0.39, 0.29) is 23.0 Å². The number of hydrogen-bond acceptors (Lipinski definition) is 8. The van der Waals surface area contributed by atoms with E-state index in [1.807, 2.05) is 0 Å². The molecule has 2 aromatic heterocycles. The summed E-state index contributed by atoms with van der Waals surface area (Å²) < 4.78 is 12.3. The first-order valence-corrected chi connectivity index (χ1v) is 9.57. The lowest BCUT2D eigenvalue weighted by Crippen LogP contribution is -2.36. The molecule has 2 heterocycles. The third-order valence-electron chi connectivity index (χ3n) is 4.26. The second kappa shape index (κ2) is 8.09. The molecule has 3 aromatic rings. The van der Waals surface area contributed by atoms with Crippen molar-refractivity contribution in [3.05, 3.63) is 46.1 Å². The quantitative estimate of drug-likeness (QED) is 0.475. The van der Waals surface area contributed by atoms with Gasteiger partial charge in [-0.2, -0.15) is 9.61 Å². The standard InChI is InChI=1S/C20H24N6O5/c1-6-30-13-7-8-14(15(11-13)26(28)29)24(19(27)31-20(3,4)5)18-12(2)17(21)23-16-9-10-22-25(16)18/h7-11H,6H2,1-5H3,(H2,21,23). The van der Waals surface area contributed by atoms with Gasteiger partial charge in [0.25, 0.3) is 5.69 Å². The first-order chi connectivity index (χ1) is 14.5. The number of benzene rings is 1. The Labute approximate surface area is 178 Å². The van der Waals surface area contributed by atoms with Crippen LogP contribution in [0.5, 0.6) is 5.75 Å². The highest BCUT2D eigenvalue weighted by Crippen LogP contribution is 2.39. The normalized spacial score (nSPS) is 11.4. The van der Waals surface area contributed by atoms with Crippen molar-refractivity contribution in [1.82, 2.24) is 14.6 Å². The molecule has 0 radical (unpaired) electrons. The summed E-state index contributed by atoms with van der Waals surface area (Å²) in [6.07, 6.45) is 0.662. The van der Waals surface area contributed by atoms with Gasteiger partial charge in [-0.05, 0) is 46.8 Å². The summed E-state index contributed by atoms with van der Waals surface area (Å²) in [6, 6.07) is 5.84. The predicted molar refractivity (Wildman–Crippen MR) is 115 cm³/mol. The molecular formula is C20H24N6O5. The van der Waals surface area contributed by atoms with Crippen LogP contribution in [-0.2, 0) is 4.74 Å². The topological polar surface area (TPSA) is 138 Å². The average Bonchev–Trinajstić information content (AvgIpc) is 3.12. The number of nitrogens with two attached hydrogens (primary N) is 1. The molecule has 0 saturated heterocycles. The Hall–Kier alpha value is -3.89. The van der Waals surface area contributed by atoms with Crippen LogP contribution in [0.3, 0.4) is 0 Å². The van der Waals surface area contributed by atoms with E-state index in [1.54, 1.807) is 46.8 Å². The van der Waals surface area contributed by atoms with E-state index in [9.17, 15) is 14.9 Å². The molecule has 164 valence electrons. The van der Waals surface area contributed by atoms with Gasteiger partial charge >= 0.3 is 6.09 Å². The molecule has 0 atom stereocenters. The smallest absolute Gasteiger partial charge is 0.420 e. The zero-order valence-electron chi connectivity index (χ0n) is 17.9. The summed E-state index contributed by atoms with van der Waals surface area (Å²) in [5, 5.41) is 16.1. The second-order valence-electron chi connectivity index (χ2n) is 7.70. The number of fused-ring (bicyclic) bond motifs is 1. The van der Waals surface area contributed by atoms with Gasteiger partial charge in [-0.25, -0.2) is 14.7 Å². The summed E-state index contributed by atoms with van der Waals surface area (Å²) in [5.74, 6) is 0.649. The van der Waals surface area contributed by atoms with Crippen LogP contribution in [0.2, 0.25) is 0 Å². The van der Waals surface area contributed by atoms with Crippen LogP contribution in [0.1, 0.15) is 33.3 Å². The average molecular weight is 428 g/mol. The van der Waals surface area contributed by atoms with Crippen molar-refractivity contribution in [3.63, 3.8) is 0 Å². The van der Waals surface area contributed by atoms with E-state index in [0.717, 1.165) is 4.90 Å². The van der Waals surface area contributed by atoms with Crippen molar-refractivity contribution in [1.29, 1.82) is 0 Å². The molecule has 0 fully saturated rings. The van der Waals surface area contributed by atoms with E-state index in [0.29, 0.717) is 23.6 Å². The zero-order valence-corrected chi connectivity index (χ0v) is 17.9. The monoisotopic (exact) mass is 428 g/mol. The fourth-order valence-corrected chi connectivity index (χ4v) is 2.99. The third kappa shape index (κ3) is 4.34. The Balaban J connectivity index is 2.33. The summed E-state index contributed by atoms with van der Waals surface area (Å²) in [4.78, 5) is 30.0. The fraction of sp³-hybridized carbons (Fsp3) is 0.350. The van der Waals surface area contributed by atoms with Crippen LogP contribution in [0.4, 0.5) is 27.8 Å². The van der Waals surface area contributed by atoms with E-state index >= 15 is 0 Å². The molecule has 31 heavy (non-hydrogen) atoms. The van der Waals surface area contributed by atoms with Crippen LogP contribution in [0.15, 0.2) is 30.5 Å². The number of nitro groups is 1. The van der Waals surface area contributed by atoms with Gasteiger partial charge in [0, 0.05) is 11.6 Å². The number of nitro benzene ring substituents is 1. The number of carbonyl (C=O) groups is 1. The number of hydrogen-bond donors (Lipinski definition) is 1. The van der Waals surface area contributed by atoms with Gasteiger partial charge in [-0.3, -0.25) is 10.1 Å². The molecule has 2 N–H and O–H groups in total. The molecule has 0 aliphatic heterocycles. The van der Waals surface area contributed by atoms with E-state index < -0.39 is 16.6 Å². The number of nitrogens with zero attached hydrogens (tertiary/aromatic N) is 5. The first-order valence-electron chi connectivity index (χ1n) is 9.57. The zero-order chi connectivity index (χ0) is 22.9. The number of aromatic nitrogens is 3. The highest BCUT2D eigenvalue weighted by Gasteiger charge is 2.34. The molecule has 0 bridgehead atoms. The Kier molecular flexibility index (Phi) is 5.69. The molecule has 0 unspecified atom stereocenters. The lowest BCUT2D eigenvalue weighted by molar-refractivity contribution is -0.384. The molecule has 0 saturated carbocycles. The largest absolute Gasteiger partial charge is 0.494 e. The minimum Gasteiger partial charge on any atom is -0.494 e. The molecule has 0 aliphatic rings. The summed E-state index contributed by atoms with van der Waals surface area (Å²) in [6.45, 7) is 8.86. The minimum atomic E-state index is -0.856. The van der Waals surface area contributed by atoms with Crippen molar-refractivity contribution in [2.24, 2.45) is 0 Å². The Morgan fingerprint density at radius 2 is 2.03 bits per heavy atom. The Morgan fingerprint density at radius 1 is 1.32 bits per heavy atom. The Bertz CT molecular complexity index is 1150. The van der Waals surface area contributed by atoms with Gasteiger partial charge in [-0.1, -0.05) is 0 Å². The van der Waals surface area contributed by atoms with Gasteiger partial charge in [0.05, 0.1) is 23.8 Å². The number of carbonyl (C=O) groups excluding carboxylic acids is 1. The third-order valence-corrected chi connectivity index (χ3v) is 4.26. The molecule has 1 aromatic carbocycles. The van der Waals surface area contributed by atoms with Gasteiger partial charge in [0.1, 0.15) is 22.9 Å². The maximum atomic E-state index is 13.3. The van der Waals surface area contributed by atoms with E-state index in [1.165, 1.54) is 22.8 Å². The molecule has 1 amide bonds. The molecular weight excluding hydrogens is 404 g/mol.